The summed E-state index contributed by atoms with van der Waals surface area (Å²) in [6.07, 6.45) is 1.82. The van der Waals surface area contributed by atoms with E-state index in [1.807, 2.05) is 0 Å². The summed E-state index contributed by atoms with van der Waals surface area (Å²) in [5, 5.41) is 2.65. The van der Waals surface area contributed by atoms with E-state index in [1.165, 1.54) is 12.3 Å². The molecule has 7 heteroatoms. The Kier molecular flexibility index (Phi) is 4.25. The molecule has 1 aliphatic heterocycles. The lowest BCUT2D eigenvalue weighted by Crippen LogP contribution is -2.36. The van der Waals surface area contributed by atoms with Gasteiger partial charge in [-0.2, -0.15) is 0 Å². The zero-order valence-corrected chi connectivity index (χ0v) is 12.4. The third-order valence-electron chi connectivity index (χ3n) is 2.72. The van der Waals surface area contributed by atoms with Crippen molar-refractivity contribution in [3.05, 3.63) is 58.1 Å². The van der Waals surface area contributed by atoms with Crippen LogP contribution in [0, 0.1) is 5.82 Å². The van der Waals surface area contributed by atoms with Gasteiger partial charge in [-0.15, -0.1) is 12.4 Å². The lowest BCUT2D eigenvalue weighted by Gasteiger charge is -2.26. The second-order valence-corrected chi connectivity index (χ2v) is 4.96. The molecule has 1 N–H and O–H groups in total. The first-order valence-corrected chi connectivity index (χ1v) is 6.30. The van der Waals surface area contributed by atoms with Gasteiger partial charge >= 0.3 is 0 Å². The maximum absolute atomic E-state index is 13.1. The van der Waals surface area contributed by atoms with Crippen molar-refractivity contribution >= 4 is 34.2 Å². The van der Waals surface area contributed by atoms with E-state index < -0.39 is 12.0 Å². The Hall–Kier alpha value is -1.66. The van der Waals surface area contributed by atoms with Crippen LogP contribution in [0.5, 0.6) is 5.75 Å². The van der Waals surface area contributed by atoms with Gasteiger partial charge in [-0.25, -0.2) is 4.39 Å². The van der Waals surface area contributed by atoms with Gasteiger partial charge in [0.15, 0.2) is 6.23 Å². The van der Waals surface area contributed by atoms with E-state index in [1.54, 1.807) is 18.2 Å². The molecule has 0 aliphatic carbocycles. The van der Waals surface area contributed by atoms with Crippen molar-refractivity contribution in [1.82, 2.24) is 10.3 Å². The first kappa shape index (κ1) is 14.7. The number of fused-ring (bicyclic) bond motifs is 1. The Morgan fingerprint density at radius 3 is 2.85 bits per heavy atom. The number of halogens is 3. The molecule has 0 spiro atoms. The summed E-state index contributed by atoms with van der Waals surface area (Å²) in [5.41, 5.74) is 0.900. The number of carbonyl (C=O) groups is 1. The number of nitrogens with zero attached hydrogens (tertiary/aromatic N) is 1. The van der Waals surface area contributed by atoms with Crippen LogP contribution in [0.2, 0.25) is 0 Å². The van der Waals surface area contributed by atoms with Crippen LogP contribution in [0.15, 0.2) is 41.1 Å². The van der Waals surface area contributed by atoms with Gasteiger partial charge in [0.1, 0.15) is 11.6 Å². The van der Waals surface area contributed by atoms with Crippen molar-refractivity contribution in [2.75, 3.05) is 0 Å². The number of ether oxygens (including phenoxy) is 1. The molecule has 104 valence electrons. The van der Waals surface area contributed by atoms with Gasteiger partial charge in [-0.05, 0) is 24.3 Å². The Morgan fingerprint density at radius 2 is 2.10 bits per heavy atom. The number of rotatable bonds is 1. The second kappa shape index (κ2) is 5.76. The van der Waals surface area contributed by atoms with Crippen molar-refractivity contribution in [3.8, 4) is 5.75 Å². The highest BCUT2D eigenvalue weighted by Crippen LogP contribution is 2.31. The monoisotopic (exact) mass is 358 g/mol. The van der Waals surface area contributed by atoms with Crippen LogP contribution >= 0.6 is 28.3 Å². The minimum atomic E-state index is -0.732. The number of carbonyl (C=O) groups excluding carboxylic acids is 1. The fraction of sp³-hybridized carbons (Fsp3) is 0.0769. The predicted octanol–water partition coefficient (Wildman–Crippen LogP) is 3.23. The van der Waals surface area contributed by atoms with Crippen molar-refractivity contribution in [2.24, 2.45) is 0 Å². The number of amides is 1. The molecule has 1 aromatic carbocycles. The molecule has 3 rings (SSSR count). The lowest BCUT2D eigenvalue weighted by molar-refractivity contribution is 0.0755. The number of hydrogen-bond acceptors (Lipinski definition) is 3. The third kappa shape index (κ3) is 2.76. The average Bonchev–Trinajstić information content (AvgIpc) is 2.39. The SMILES string of the molecule is Cl.O=C1NC(c2cncc(F)c2)Oc2ccc(Br)cc21. The smallest absolute Gasteiger partial charge is 0.258 e. The molecule has 2 aromatic rings. The Bertz CT molecular complexity index is 669. The fourth-order valence-corrected chi connectivity index (χ4v) is 2.22. The maximum Gasteiger partial charge on any atom is 0.258 e. The van der Waals surface area contributed by atoms with Gasteiger partial charge in [-0.3, -0.25) is 9.78 Å². The molecule has 0 fully saturated rings. The van der Waals surface area contributed by atoms with Gasteiger partial charge < -0.3 is 10.1 Å². The molecule has 0 radical (unpaired) electrons. The summed E-state index contributed by atoms with van der Waals surface area (Å²) in [6, 6.07) is 6.42. The molecule has 1 amide bonds. The first-order valence-electron chi connectivity index (χ1n) is 5.51. The summed E-state index contributed by atoms with van der Waals surface area (Å²) >= 11 is 3.29. The normalized spacial score (nSPS) is 16.5. The largest absolute Gasteiger partial charge is 0.465 e. The molecule has 2 heterocycles. The Morgan fingerprint density at radius 1 is 1.30 bits per heavy atom. The van der Waals surface area contributed by atoms with E-state index in [2.05, 4.69) is 26.2 Å². The van der Waals surface area contributed by atoms with Crippen LogP contribution in [-0.4, -0.2) is 10.9 Å². The number of hydrogen-bond donors (Lipinski definition) is 1. The van der Waals surface area contributed by atoms with E-state index in [9.17, 15) is 9.18 Å². The highest BCUT2D eigenvalue weighted by atomic mass is 79.9. The van der Waals surface area contributed by atoms with Gasteiger partial charge in [0.2, 0.25) is 0 Å². The van der Waals surface area contributed by atoms with Crippen molar-refractivity contribution in [1.29, 1.82) is 0 Å². The molecule has 1 aliphatic rings. The molecule has 1 aromatic heterocycles. The van der Waals surface area contributed by atoms with Crippen molar-refractivity contribution in [3.63, 3.8) is 0 Å². The zero-order valence-electron chi connectivity index (χ0n) is 9.97. The Balaban J connectivity index is 0.00000147. The number of pyridine rings is 1. The molecule has 0 bridgehead atoms. The number of nitrogens with one attached hydrogen (secondary N) is 1. The predicted molar refractivity (Wildman–Crippen MR) is 76.4 cm³/mol. The van der Waals surface area contributed by atoms with E-state index in [0.717, 1.165) is 10.7 Å². The molecule has 0 saturated carbocycles. The molecule has 1 unspecified atom stereocenters. The van der Waals surface area contributed by atoms with Crippen LogP contribution in [0.25, 0.3) is 0 Å². The Labute approximate surface area is 128 Å². The standard InChI is InChI=1S/C13H8BrFN2O2.ClH/c14-8-1-2-11-10(4-8)12(18)17-13(19-11)7-3-9(15)6-16-5-7;/h1-6,13H,(H,17,18);1H. The molecule has 4 nitrogen and oxygen atoms in total. The van der Waals surface area contributed by atoms with E-state index in [0.29, 0.717) is 16.9 Å². The molecule has 0 saturated heterocycles. The molecule has 20 heavy (non-hydrogen) atoms. The van der Waals surface area contributed by atoms with Gasteiger partial charge in [0, 0.05) is 16.2 Å². The zero-order chi connectivity index (χ0) is 13.4. The summed E-state index contributed by atoms with van der Waals surface area (Å²) in [4.78, 5) is 15.7. The fourth-order valence-electron chi connectivity index (χ4n) is 1.86. The maximum atomic E-state index is 13.1. The van der Waals surface area contributed by atoms with E-state index >= 15 is 0 Å². The summed E-state index contributed by atoms with van der Waals surface area (Å²) < 4.78 is 19.6. The topological polar surface area (TPSA) is 51.2 Å². The molecule has 1 atom stereocenters. The third-order valence-corrected chi connectivity index (χ3v) is 3.22. The number of benzene rings is 1. The lowest BCUT2D eigenvalue weighted by atomic mass is 10.1. The minimum absolute atomic E-state index is 0. The highest BCUT2D eigenvalue weighted by Gasteiger charge is 2.27. The summed E-state index contributed by atoms with van der Waals surface area (Å²) in [5.74, 6) is -0.282. The van der Waals surface area contributed by atoms with Crippen LogP contribution in [0.1, 0.15) is 22.1 Å². The van der Waals surface area contributed by atoms with Crippen LogP contribution in [0.4, 0.5) is 4.39 Å². The highest BCUT2D eigenvalue weighted by molar-refractivity contribution is 9.10. The van der Waals surface area contributed by atoms with Crippen LogP contribution in [-0.2, 0) is 0 Å². The molecular formula is C13H9BrClFN2O2. The van der Waals surface area contributed by atoms with Gasteiger partial charge in [0.05, 0.1) is 11.8 Å². The quantitative estimate of drug-likeness (QED) is 0.850. The van der Waals surface area contributed by atoms with E-state index in [-0.39, 0.29) is 18.3 Å². The number of aromatic nitrogens is 1. The van der Waals surface area contributed by atoms with Crippen LogP contribution < -0.4 is 10.1 Å². The van der Waals surface area contributed by atoms with Crippen molar-refractivity contribution < 1.29 is 13.9 Å². The molecular weight excluding hydrogens is 351 g/mol. The van der Waals surface area contributed by atoms with Crippen molar-refractivity contribution in [2.45, 2.75) is 6.23 Å². The average molecular weight is 360 g/mol. The van der Waals surface area contributed by atoms with Gasteiger partial charge in [-0.1, -0.05) is 15.9 Å². The van der Waals surface area contributed by atoms with Gasteiger partial charge in [0.25, 0.3) is 5.91 Å². The second-order valence-electron chi connectivity index (χ2n) is 4.05. The summed E-state index contributed by atoms with van der Waals surface area (Å²) in [7, 11) is 0. The van der Waals surface area contributed by atoms with Crippen LogP contribution in [0.3, 0.4) is 0 Å². The minimum Gasteiger partial charge on any atom is -0.465 e. The summed E-state index contributed by atoms with van der Waals surface area (Å²) in [6.45, 7) is 0. The van der Waals surface area contributed by atoms with E-state index in [4.69, 9.17) is 4.74 Å². The first-order chi connectivity index (χ1) is 9.13.